The van der Waals surface area contributed by atoms with Crippen molar-refractivity contribution in [1.29, 1.82) is 0 Å². The molecule has 2 aliphatic heterocycles. The SMILES string of the molecule is COc1ccccc1-c1nc([C@@H]2CCCN(C(=O)[C@H]3COc4ccccc4O3)C2)no1. The molecule has 0 aliphatic carbocycles. The number of amides is 1. The molecule has 0 N–H and O–H groups in total. The summed E-state index contributed by atoms with van der Waals surface area (Å²) in [5.74, 6) is 2.88. The number of hydrogen-bond acceptors (Lipinski definition) is 7. The Balaban J connectivity index is 1.29. The van der Waals surface area contributed by atoms with Crippen LogP contribution >= 0.6 is 0 Å². The van der Waals surface area contributed by atoms with Crippen molar-refractivity contribution in [2.45, 2.75) is 24.9 Å². The molecule has 5 rings (SSSR count). The zero-order valence-electron chi connectivity index (χ0n) is 17.2. The van der Waals surface area contributed by atoms with Gasteiger partial charge in [0, 0.05) is 19.0 Å². The fraction of sp³-hybridized carbons (Fsp3) is 0.348. The molecule has 8 heteroatoms. The first-order chi connectivity index (χ1) is 15.2. The fourth-order valence-corrected chi connectivity index (χ4v) is 4.06. The number of hydrogen-bond donors (Lipinski definition) is 0. The number of methoxy groups -OCH3 is 1. The van der Waals surface area contributed by atoms with Crippen molar-refractivity contribution in [2.75, 3.05) is 26.8 Å². The molecule has 1 fully saturated rings. The molecule has 31 heavy (non-hydrogen) atoms. The van der Waals surface area contributed by atoms with Crippen molar-refractivity contribution in [3.63, 3.8) is 0 Å². The Hall–Kier alpha value is -3.55. The summed E-state index contributed by atoms with van der Waals surface area (Å²) in [5.41, 5.74) is 0.749. The molecule has 2 aromatic carbocycles. The highest BCUT2D eigenvalue weighted by molar-refractivity contribution is 5.82. The first kappa shape index (κ1) is 19.4. The lowest BCUT2D eigenvalue weighted by molar-refractivity contribution is -0.142. The van der Waals surface area contributed by atoms with E-state index in [0.717, 1.165) is 18.4 Å². The Morgan fingerprint density at radius 1 is 1.13 bits per heavy atom. The number of ether oxygens (including phenoxy) is 3. The molecule has 0 bridgehead atoms. The third kappa shape index (κ3) is 3.81. The monoisotopic (exact) mass is 421 g/mol. The highest BCUT2D eigenvalue weighted by Crippen LogP contribution is 2.33. The lowest BCUT2D eigenvalue weighted by Crippen LogP contribution is -2.49. The van der Waals surface area contributed by atoms with Crippen LogP contribution in [0, 0.1) is 0 Å². The minimum atomic E-state index is -0.650. The maximum Gasteiger partial charge on any atom is 0.267 e. The molecular formula is C23H23N3O5. The number of aromatic nitrogens is 2. The van der Waals surface area contributed by atoms with Crippen LogP contribution in [0.15, 0.2) is 53.1 Å². The fourth-order valence-electron chi connectivity index (χ4n) is 4.06. The van der Waals surface area contributed by atoms with E-state index in [1.54, 1.807) is 7.11 Å². The van der Waals surface area contributed by atoms with Gasteiger partial charge >= 0.3 is 0 Å². The van der Waals surface area contributed by atoms with E-state index in [4.69, 9.17) is 18.7 Å². The maximum atomic E-state index is 13.1. The van der Waals surface area contributed by atoms with Gasteiger partial charge in [0.05, 0.1) is 12.7 Å². The summed E-state index contributed by atoms with van der Waals surface area (Å²) in [6, 6.07) is 14.9. The highest BCUT2D eigenvalue weighted by atomic mass is 16.6. The molecule has 1 aromatic heterocycles. The number of carbonyl (C=O) groups excluding carboxylic acids is 1. The van der Waals surface area contributed by atoms with Gasteiger partial charge in [-0.2, -0.15) is 4.98 Å². The topological polar surface area (TPSA) is 86.9 Å². The normalized spacial score (nSPS) is 20.4. The Morgan fingerprint density at radius 3 is 2.81 bits per heavy atom. The van der Waals surface area contributed by atoms with E-state index in [0.29, 0.717) is 42.1 Å². The third-order valence-corrected chi connectivity index (χ3v) is 5.66. The Morgan fingerprint density at radius 2 is 1.94 bits per heavy atom. The van der Waals surface area contributed by atoms with Gasteiger partial charge in [-0.25, -0.2) is 0 Å². The first-order valence-electron chi connectivity index (χ1n) is 10.4. The molecule has 2 aliphatic rings. The predicted molar refractivity (Wildman–Crippen MR) is 111 cm³/mol. The number of likely N-dealkylation sites (tertiary alicyclic amines) is 1. The van der Waals surface area contributed by atoms with Crippen LogP contribution in [0.2, 0.25) is 0 Å². The van der Waals surface area contributed by atoms with E-state index >= 15 is 0 Å². The molecule has 1 saturated heterocycles. The van der Waals surface area contributed by atoms with Gasteiger partial charge in [-0.3, -0.25) is 4.79 Å². The molecule has 2 atom stereocenters. The Labute approximate surface area is 179 Å². The van der Waals surface area contributed by atoms with Gasteiger partial charge < -0.3 is 23.6 Å². The van der Waals surface area contributed by atoms with Crippen molar-refractivity contribution in [3.8, 4) is 28.7 Å². The van der Waals surface area contributed by atoms with Crippen LogP contribution in [-0.2, 0) is 4.79 Å². The van der Waals surface area contributed by atoms with E-state index in [2.05, 4.69) is 10.1 Å². The van der Waals surface area contributed by atoms with E-state index in [1.165, 1.54) is 0 Å². The second-order valence-electron chi connectivity index (χ2n) is 7.65. The Bertz CT molecular complexity index is 1080. The summed E-state index contributed by atoms with van der Waals surface area (Å²) in [6.45, 7) is 1.40. The van der Waals surface area contributed by atoms with Gasteiger partial charge in [-0.15, -0.1) is 0 Å². The number of fused-ring (bicyclic) bond motifs is 1. The molecule has 160 valence electrons. The number of nitrogens with zero attached hydrogens (tertiary/aromatic N) is 3. The van der Waals surface area contributed by atoms with Crippen LogP contribution in [0.25, 0.3) is 11.5 Å². The Kier molecular flexibility index (Phi) is 5.19. The standard InChI is InChI=1S/C23H23N3O5/c1-28-17-9-3-2-8-16(17)22-24-21(25-31-22)15-7-6-12-26(13-15)23(27)20-14-29-18-10-4-5-11-19(18)30-20/h2-5,8-11,15,20H,6-7,12-14H2,1H3/t15-,20-/m1/s1. The maximum absolute atomic E-state index is 13.1. The van der Waals surface area contributed by atoms with Gasteiger partial charge in [0.25, 0.3) is 11.8 Å². The van der Waals surface area contributed by atoms with Crippen LogP contribution in [0.4, 0.5) is 0 Å². The molecule has 1 amide bonds. The number of rotatable bonds is 4. The van der Waals surface area contributed by atoms with E-state index in [1.807, 2.05) is 53.4 Å². The van der Waals surface area contributed by atoms with Gasteiger partial charge in [0.15, 0.2) is 17.3 Å². The van der Waals surface area contributed by atoms with Crippen LogP contribution in [0.1, 0.15) is 24.6 Å². The first-order valence-corrected chi connectivity index (χ1v) is 10.4. The van der Waals surface area contributed by atoms with Crippen molar-refractivity contribution in [2.24, 2.45) is 0 Å². The summed E-state index contributed by atoms with van der Waals surface area (Å²) < 4.78 is 22.5. The van der Waals surface area contributed by atoms with Crippen LogP contribution in [0.5, 0.6) is 17.2 Å². The van der Waals surface area contributed by atoms with E-state index in [-0.39, 0.29) is 18.4 Å². The van der Waals surface area contributed by atoms with E-state index < -0.39 is 6.10 Å². The largest absolute Gasteiger partial charge is 0.496 e. The average Bonchev–Trinajstić information content (AvgIpc) is 3.33. The minimum absolute atomic E-state index is 0.00158. The quantitative estimate of drug-likeness (QED) is 0.639. The molecule has 0 spiro atoms. The smallest absolute Gasteiger partial charge is 0.267 e. The number of carbonyl (C=O) groups is 1. The minimum Gasteiger partial charge on any atom is -0.496 e. The molecular weight excluding hydrogens is 398 g/mol. The average molecular weight is 421 g/mol. The summed E-state index contributed by atoms with van der Waals surface area (Å²) in [4.78, 5) is 19.5. The van der Waals surface area contributed by atoms with Crippen LogP contribution in [0.3, 0.4) is 0 Å². The van der Waals surface area contributed by atoms with Crippen molar-refractivity contribution in [1.82, 2.24) is 15.0 Å². The van der Waals surface area contributed by atoms with Gasteiger partial charge in [0.2, 0.25) is 6.10 Å². The number of benzene rings is 2. The van der Waals surface area contributed by atoms with E-state index in [9.17, 15) is 4.79 Å². The van der Waals surface area contributed by atoms with Gasteiger partial charge in [-0.1, -0.05) is 29.4 Å². The second-order valence-corrected chi connectivity index (χ2v) is 7.65. The zero-order valence-corrected chi connectivity index (χ0v) is 17.2. The lowest BCUT2D eigenvalue weighted by Gasteiger charge is -2.35. The molecule has 0 saturated carbocycles. The third-order valence-electron chi connectivity index (χ3n) is 5.66. The molecule has 3 aromatic rings. The van der Waals surface area contributed by atoms with Crippen molar-refractivity contribution >= 4 is 5.91 Å². The van der Waals surface area contributed by atoms with Gasteiger partial charge in [0.1, 0.15) is 12.4 Å². The summed E-state index contributed by atoms with van der Waals surface area (Å²) in [6.07, 6.45) is 1.10. The highest BCUT2D eigenvalue weighted by Gasteiger charge is 2.35. The second kappa shape index (κ2) is 8.29. The lowest BCUT2D eigenvalue weighted by atomic mass is 9.97. The zero-order chi connectivity index (χ0) is 21.2. The van der Waals surface area contributed by atoms with Crippen molar-refractivity contribution < 1.29 is 23.5 Å². The molecule has 8 nitrogen and oxygen atoms in total. The van der Waals surface area contributed by atoms with Crippen LogP contribution < -0.4 is 14.2 Å². The summed E-state index contributed by atoms with van der Waals surface area (Å²) in [5, 5.41) is 4.19. The summed E-state index contributed by atoms with van der Waals surface area (Å²) >= 11 is 0. The van der Waals surface area contributed by atoms with Crippen LogP contribution in [-0.4, -0.2) is 53.9 Å². The summed E-state index contributed by atoms with van der Waals surface area (Å²) in [7, 11) is 1.61. The predicted octanol–water partition coefficient (Wildman–Crippen LogP) is 3.29. The number of para-hydroxylation sites is 3. The molecule has 0 unspecified atom stereocenters. The molecule has 3 heterocycles. The van der Waals surface area contributed by atoms with Gasteiger partial charge in [-0.05, 0) is 37.1 Å². The number of piperidine rings is 1. The van der Waals surface area contributed by atoms with Crippen molar-refractivity contribution in [3.05, 3.63) is 54.4 Å². The molecule has 0 radical (unpaired) electrons.